The van der Waals surface area contributed by atoms with E-state index in [0.717, 1.165) is 16.8 Å². The standard InChI is InChI=1S/C21H15NO/c23-21-12-10-16-6-3-4-8-19(16)20(21)14-22-18-11-9-15-5-1-2-7-17(15)13-18/h1-14,22H. The van der Waals surface area contributed by atoms with Gasteiger partial charge in [0.05, 0.1) is 0 Å². The third-order valence-electron chi connectivity index (χ3n) is 4.06. The first-order chi connectivity index (χ1) is 11.3. The number of carbonyl (C=O) groups excluding carboxylic acids is 1. The number of nitrogens with one attached hydrogen (secondary N) is 1. The van der Waals surface area contributed by atoms with E-state index in [0.29, 0.717) is 5.57 Å². The van der Waals surface area contributed by atoms with Gasteiger partial charge in [-0.05, 0) is 40.1 Å². The molecule has 1 aliphatic rings. The molecule has 0 spiro atoms. The number of anilines is 1. The summed E-state index contributed by atoms with van der Waals surface area (Å²) >= 11 is 0. The molecule has 23 heavy (non-hydrogen) atoms. The largest absolute Gasteiger partial charge is 0.361 e. The van der Waals surface area contributed by atoms with Crippen LogP contribution in [0.3, 0.4) is 0 Å². The molecule has 110 valence electrons. The van der Waals surface area contributed by atoms with Crippen LogP contribution in [0.15, 0.2) is 79.0 Å². The SMILES string of the molecule is O=C1C=Cc2ccccc2C1=CNc1ccc2ccccc2c1. The lowest BCUT2D eigenvalue weighted by atomic mass is 9.92. The summed E-state index contributed by atoms with van der Waals surface area (Å²) in [6, 6.07) is 22.3. The van der Waals surface area contributed by atoms with E-state index in [1.807, 2.05) is 48.5 Å². The Hall–Kier alpha value is -3.13. The topological polar surface area (TPSA) is 29.1 Å². The van der Waals surface area contributed by atoms with Gasteiger partial charge in [-0.3, -0.25) is 4.79 Å². The minimum Gasteiger partial charge on any atom is -0.361 e. The summed E-state index contributed by atoms with van der Waals surface area (Å²) in [6.45, 7) is 0. The highest BCUT2D eigenvalue weighted by molar-refractivity contribution is 6.30. The summed E-state index contributed by atoms with van der Waals surface area (Å²) in [7, 11) is 0. The van der Waals surface area contributed by atoms with Crippen molar-refractivity contribution in [2.24, 2.45) is 0 Å². The zero-order valence-corrected chi connectivity index (χ0v) is 12.5. The highest BCUT2D eigenvalue weighted by Gasteiger charge is 2.16. The van der Waals surface area contributed by atoms with Gasteiger partial charge in [0.25, 0.3) is 0 Å². The van der Waals surface area contributed by atoms with Crippen molar-refractivity contribution in [1.29, 1.82) is 0 Å². The molecule has 0 saturated carbocycles. The predicted molar refractivity (Wildman–Crippen MR) is 96.0 cm³/mol. The molecule has 1 aliphatic carbocycles. The molecular weight excluding hydrogens is 282 g/mol. The van der Waals surface area contributed by atoms with Crippen LogP contribution in [-0.4, -0.2) is 5.78 Å². The van der Waals surface area contributed by atoms with Gasteiger partial charge in [0.1, 0.15) is 0 Å². The Labute approximate surface area is 134 Å². The van der Waals surface area contributed by atoms with E-state index in [-0.39, 0.29) is 5.78 Å². The Kier molecular flexibility index (Phi) is 3.28. The van der Waals surface area contributed by atoms with Crippen LogP contribution >= 0.6 is 0 Å². The second kappa shape index (κ2) is 5.58. The molecule has 4 rings (SSSR count). The monoisotopic (exact) mass is 297 g/mol. The molecule has 0 aliphatic heterocycles. The Morgan fingerprint density at radius 2 is 1.57 bits per heavy atom. The van der Waals surface area contributed by atoms with Crippen molar-refractivity contribution >= 4 is 33.9 Å². The molecule has 1 N–H and O–H groups in total. The number of hydrogen-bond donors (Lipinski definition) is 1. The second-order valence-electron chi connectivity index (χ2n) is 5.55. The van der Waals surface area contributed by atoms with Gasteiger partial charge in [-0.2, -0.15) is 0 Å². The first-order valence-electron chi connectivity index (χ1n) is 7.58. The highest BCUT2D eigenvalue weighted by Crippen LogP contribution is 2.27. The Morgan fingerprint density at radius 1 is 0.783 bits per heavy atom. The lowest BCUT2D eigenvalue weighted by Crippen LogP contribution is -2.06. The summed E-state index contributed by atoms with van der Waals surface area (Å²) in [5.74, 6) is 0.0250. The Bertz CT molecular complexity index is 966. The molecular formula is C21H15NO. The number of benzene rings is 3. The maximum atomic E-state index is 12.2. The van der Waals surface area contributed by atoms with Crippen LogP contribution in [0.5, 0.6) is 0 Å². The molecule has 0 bridgehead atoms. The molecule has 0 saturated heterocycles. The Morgan fingerprint density at radius 3 is 2.48 bits per heavy atom. The van der Waals surface area contributed by atoms with Crippen molar-refractivity contribution < 1.29 is 4.79 Å². The highest BCUT2D eigenvalue weighted by atomic mass is 16.1. The number of fused-ring (bicyclic) bond motifs is 2. The van der Waals surface area contributed by atoms with Gasteiger partial charge in [-0.1, -0.05) is 60.7 Å². The maximum absolute atomic E-state index is 12.2. The molecule has 0 aromatic heterocycles. The Balaban J connectivity index is 1.69. The molecule has 0 unspecified atom stereocenters. The van der Waals surface area contributed by atoms with Crippen molar-refractivity contribution in [3.63, 3.8) is 0 Å². The maximum Gasteiger partial charge on any atom is 0.187 e. The van der Waals surface area contributed by atoms with E-state index in [4.69, 9.17) is 0 Å². The van der Waals surface area contributed by atoms with Gasteiger partial charge < -0.3 is 5.32 Å². The molecule has 2 heteroatoms. The van der Waals surface area contributed by atoms with Crippen molar-refractivity contribution in [3.05, 3.63) is 90.1 Å². The van der Waals surface area contributed by atoms with Gasteiger partial charge in [0.15, 0.2) is 5.78 Å². The van der Waals surface area contributed by atoms with E-state index in [1.54, 1.807) is 12.3 Å². The van der Waals surface area contributed by atoms with Crippen LogP contribution < -0.4 is 5.32 Å². The summed E-state index contributed by atoms with van der Waals surface area (Å²) in [6.07, 6.45) is 5.29. The minimum absolute atomic E-state index is 0.0250. The minimum atomic E-state index is 0.0250. The molecule has 0 fully saturated rings. The quantitative estimate of drug-likeness (QED) is 0.682. The average Bonchev–Trinajstić information content (AvgIpc) is 2.61. The van der Waals surface area contributed by atoms with E-state index in [9.17, 15) is 4.79 Å². The van der Waals surface area contributed by atoms with E-state index in [1.165, 1.54) is 10.8 Å². The number of rotatable bonds is 2. The third kappa shape index (κ3) is 2.55. The normalized spacial score (nSPS) is 15.0. The summed E-state index contributed by atoms with van der Waals surface area (Å²) in [5, 5.41) is 5.64. The van der Waals surface area contributed by atoms with Crippen molar-refractivity contribution in [1.82, 2.24) is 0 Å². The number of carbonyl (C=O) groups is 1. The third-order valence-corrected chi connectivity index (χ3v) is 4.06. The van der Waals surface area contributed by atoms with Crippen LogP contribution in [0, 0.1) is 0 Å². The first-order valence-corrected chi connectivity index (χ1v) is 7.58. The number of ketones is 1. The fourth-order valence-corrected chi connectivity index (χ4v) is 2.86. The van der Waals surface area contributed by atoms with Crippen LogP contribution in [0.2, 0.25) is 0 Å². The summed E-state index contributed by atoms with van der Waals surface area (Å²) in [4.78, 5) is 12.2. The number of hydrogen-bond acceptors (Lipinski definition) is 2. The van der Waals surface area contributed by atoms with Crippen LogP contribution in [0.25, 0.3) is 22.4 Å². The molecule has 2 nitrogen and oxygen atoms in total. The number of allylic oxidation sites excluding steroid dienone is 2. The van der Waals surface area contributed by atoms with Gasteiger partial charge in [0.2, 0.25) is 0 Å². The van der Waals surface area contributed by atoms with E-state index in [2.05, 4.69) is 29.6 Å². The lowest BCUT2D eigenvalue weighted by molar-refractivity contribution is -0.109. The fraction of sp³-hybridized carbons (Fsp3) is 0. The van der Waals surface area contributed by atoms with E-state index < -0.39 is 0 Å². The van der Waals surface area contributed by atoms with Gasteiger partial charge in [-0.25, -0.2) is 0 Å². The fourth-order valence-electron chi connectivity index (χ4n) is 2.86. The summed E-state index contributed by atoms with van der Waals surface area (Å²) < 4.78 is 0. The van der Waals surface area contributed by atoms with E-state index >= 15 is 0 Å². The van der Waals surface area contributed by atoms with Crippen LogP contribution in [-0.2, 0) is 4.79 Å². The van der Waals surface area contributed by atoms with Gasteiger partial charge in [0, 0.05) is 17.5 Å². The molecule has 0 radical (unpaired) electrons. The lowest BCUT2D eigenvalue weighted by Gasteiger charge is -2.13. The first kappa shape index (κ1) is 13.5. The van der Waals surface area contributed by atoms with Gasteiger partial charge in [-0.15, -0.1) is 0 Å². The predicted octanol–water partition coefficient (Wildman–Crippen LogP) is 4.89. The smallest absolute Gasteiger partial charge is 0.187 e. The van der Waals surface area contributed by atoms with Gasteiger partial charge >= 0.3 is 0 Å². The van der Waals surface area contributed by atoms with Crippen LogP contribution in [0.1, 0.15) is 11.1 Å². The average molecular weight is 297 g/mol. The second-order valence-corrected chi connectivity index (χ2v) is 5.55. The molecule has 0 amide bonds. The molecule has 3 aromatic carbocycles. The van der Waals surface area contributed by atoms with Crippen LogP contribution in [0.4, 0.5) is 5.69 Å². The summed E-state index contributed by atoms with van der Waals surface area (Å²) in [5.41, 5.74) is 3.69. The zero-order chi connectivity index (χ0) is 15.6. The van der Waals surface area contributed by atoms with Crippen molar-refractivity contribution in [3.8, 4) is 0 Å². The molecule has 0 atom stereocenters. The molecule has 3 aromatic rings. The van der Waals surface area contributed by atoms with Crippen molar-refractivity contribution in [2.45, 2.75) is 0 Å². The molecule has 0 heterocycles. The zero-order valence-electron chi connectivity index (χ0n) is 12.5. The van der Waals surface area contributed by atoms with Crippen molar-refractivity contribution in [2.75, 3.05) is 5.32 Å².